The Balaban J connectivity index is 1.59. The Bertz CT molecular complexity index is 307. The summed E-state index contributed by atoms with van der Waals surface area (Å²) >= 11 is 0. The monoisotopic (exact) mass is 278 g/mol. The summed E-state index contributed by atoms with van der Waals surface area (Å²) in [6.07, 6.45) is 8.67. The number of rotatable bonds is 7. The fourth-order valence-corrected chi connectivity index (χ4v) is 4.10. The third-order valence-electron chi connectivity index (χ3n) is 5.90. The Morgan fingerprint density at radius 2 is 1.80 bits per heavy atom. The molecule has 3 unspecified atom stereocenters. The minimum absolute atomic E-state index is 0.754. The van der Waals surface area contributed by atoms with Crippen molar-refractivity contribution in [3.05, 3.63) is 0 Å². The van der Waals surface area contributed by atoms with Gasteiger partial charge in [-0.25, -0.2) is 0 Å². The largest absolute Gasteiger partial charge is 0.312 e. The van der Waals surface area contributed by atoms with Gasteiger partial charge in [0.2, 0.25) is 0 Å². The first kappa shape index (κ1) is 14.8. The number of likely N-dealkylation sites (tertiary alicyclic amines) is 1. The third kappa shape index (κ3) is 3.76. The molecule has 2 saturated carbocycles. The van der Waals surface area contributed by atoms with Gasteiger partial charge in [-0.15, -0.1) is 0 Å². The molecule has 1 N–H and O–H groups in total. The van der Waals surface area contributed by atoms with Crippen molar-refractivity contribution in [1.82, 2.24) is 10.2 Å². The zero-order chi connectivity index (χ0) is 14.1. The Labute approximate surface area is 125 Å². The van der Waals surface area contributed by atoms with E-state index in [0.29, 0.717) is 0 Å². The highest BCUT2D eigenvalue weighted by Gasteiger charge is 2.38. The molecule has 0 aromatic rings. The molecule has 116 valence electrons. The normalized spacial score (nSPS) is 33.6. The molecule has 0 aromatic heterocycles. The predicted molar refractivity (Wildman–Crippen MR) is 85.8 cm³/mol. The van der Waals surface area contributed by atoms with Crippen molar-refractivity contribution in [2.75, 3.05) is 19.6 Å². The molecule has 20 heavy (non-hydrogen) atoms. The SMILES string of the molecule is CCC(C1CC1)N1CC(NCC2CC2)CC(C(C)C)C1. The van der Waals surface area contributed by atoms with Gasteiger partial charge in [-0.2, -0.15) is 0 Å². The van der Waals surface area contributed by atoms with Gasteiger partial charge in [-0.05, 0) is 68.7 Å². The summed E-state index contributed by atoms with van der Waals surface area (Å²) in [5, 5.41) is 3.90. The van der Waals surface area contributed by atoms with Crippen molar-refractivity contribution in [2.45, 2.75) is 71.4 Å². The van der Waals surface area contributed by atoms with Gasteiger partial charge in [-0.3, -0.25) is 4.90 Å². The number of hydrogen-bond donors (Lipinski definition) is 1. The Morgan fingerprint density at radius 1 is 1.05 bits per heavy atom. The van der Waals surface area contributed by atoms with Gasteiger partial charge in [0.15, 0.2) is 0 Å². The molecule has 1 aliphatic heterocycles. The zero-order valence-electron chi connectivity index (χ0n) is 13.8. The van der Waals surface area contributed by atoms with Gasteiger partial charge in [0.25, 0.3) is 0 Å². The summed E-state index contributed by atoms with van der Waals surface area (Å²) in [7, 11) is 0. The number of hydrogen-bond acceptors (Lipinski definition) is 2. The molecule has 1 heterocycles. The average molecular weight is 278 g/mol. The zero-order valence-corrected chi connectivity index (χ0v) is 13.8. The van der Waals surface area contributed by atoms with Gasteiger partial charge in [0.05, 0.1) is 0 Å². The van der Waals surface area contributed by atoms with Gasteiger partial charge in [0, 0.05) is 25.2 Å². The molecular formula is C18H34N2. The molecule has 3 aliphatic rings. The lowest BCUT2D eigenvalue weighted by Crippen LogP contribution is -2.54. The predicted octanol–water partition coefficient (Wildman–Crippen LogP) is 3.52. The van der Waals surface area contributed by atoms with Crippen molar-refractivity contribution in [2.24, 2.45) is 23.7 Å². The highest BCUT2D eigenvalue weighted by atomic mass is 15.2. The average Bonchev–Trinajstić information content (AvgIpc) is 3.30. The van der Waals surface area contributed by atoms with Crippen LogP contribution in [0.15, 0.2) is 0 Å². The van der Waals surface area contributed by atoms with Crippen molar-refractivity contribution in [3.8, 4) is 0 Å². The Kier molecular flexibility index (Phi) is 4.72. The van der Waals surface area contributed by atoms with E-state index in [1.165, 1.54) is 58.2 Å². The van der Waals surface area contributed by atoms with Crippen LogP contribution in [-0.2, 0) is 0 Å². The first-order valence-corrected chi connectivity index (χ1v) is 9.14. The second-order valence-electron chi connectivity index (χ2n) is 8.06. The Morgan fingerprint density at radius 3 is 2.35 bits per heavy atom. The van der Waals surface area contributed by atoms with Crippen LogP contribution in [0.4, 0.5) is 0 Å². The fourth-order valence-electron chi connectivity index (χ4n) is 4.10. The maximum Gasteiger partial charge on any atom is 0.0198 e. The molecule has 1 saturated heterocycles. The van der Waals surface area contributed by atoms with Gasteiger partial charge in [0.1, 0.15) is 0 Å². The standard InChI is InChI=1S/C18H34N2/c1-4-18(15-7-8-15)20-11-16(13(2)3)9-17(12-20)19-10-14-5-6-14/h13-19H,4-12H2,1-3H3. The first-order valence-electron chi connectivity index (χ1n) is 9.14. The van der Waals surface area contributed by atoms with E-state index in [-0.39, 0.29) is 0 Å². The van der Waals surface area contributed by atoms with Gasteiger partial charge in [-0.1, -0.05) is 20.8 Å². The van der Waals surface area contributed by atoms with Crippen molar-refractivity contribution in [1.29, 1.82) is 0 Å². The first-order chi connectivity index (χ1) is 9.67. The fraction of sp³-hybridized carbons (Fsp3) is 1.00. The van der Waals surface area contributed by atoms with Crippen LogP contribution in [0.1, 0.15) is 59.3 Å². The van der Waals surface area contributed by atoms with E-state index in [1.807, 2.05) is 0 Å². The van der Waals surface area contributed by atoms with Crippen molar-refractivity contribution in [3.63, 3.8) is 0 Å². The van der Waals surface area contributed by atoms with E-state index in [4.69, 9.17) is 0 Å². The van der Waals surface area contributed by atoms with Crippen LogP contribution in [-0.4, -0.2) is 36.6 Å². The van der Waals surface area contributed by atoms with E-state index in [0.717, 1.165) is 35.8 Å². The molecule has 2 heteroatoms. The van der Waals surface area contributed by atoms with Crippen LogP contribution in [0.25, 0.3) is 0 Å². The lowest BCUT2D eigenvalue weighted by molar-refractivity contribution is 0.0668. The molecule has 0 radical (unpaired) electrons. The molecule has 0 spiro atoms. The summed E-state index contributed by atoms with van der Waals surface area (Å²) in [6.45, 7) is 11.2. The highest BCUT2D eigenvalue weighted by Crippen LogP contribution is 2.39. The molecular weight excluding hydrogens is 244 g/mol. The van der Waals surface area contributed by atoms with Crippen molar-refractivity contribution >= 4 is 0 Å². The maximum atomic E-state index is 3.90. The molecule has 2 aliphatic carbocycles. The third-order valence-corrected chi connectivity index (χ3v) is 5.90. The summed E-state index contributed by atoms with van der Waals surface area (Å²) < 4.78 is 0. The quantitative estimate of drug-likeness (QED) is 0.766. The van der Waals surface area contributed by atoms with E-state index in [1.54, 1.807) is 0 Å². The molecule has 2 nitrogen and oxygen atoms in total. The number of nitrogens with one attached hydrogen (secondary N) is 1. The molecule has 3 atom stereocenters. The molecule has 0 bridgehead atoms. The lowest BCUT2D eigenvalue weighted by Gasteiger charge is -2.44. The van der Waals surface area contributed by atoms with Gasteiger partial charge < -0.3 is 5.32 Å². The molecule has 3 rings (SSSR count). The molecule has 0 aromatic carbocycles. The van der Waals surface area contributed by atoms with E-state index < -0.39 is 0 Å². The molecule has 3 fully saturated rings. The minimum Gasteiger partial charge on any atom is -0.312 e. The van der Waals surface area contributed by atoms with Crippen LogP contribution in [0, 0.1) is 23.7 Å². The highest BCUT2D eigenvalue weighted by molar-refractivity contribution is 4.94. The summed E-state index contributed by atoms with van der Waals surface area (Å²) in [5.74, 6) is 3.76. The summed E-state index contributed by atoms with van der Waals surface area (Å²) in [5.41, 5.74) is 0. The second-order valence-corrected chi connectivity index (χ2v) is 8.06. The second kappa shape index (κ2) is 6.36. The van der Waals surface area contributed by atoms with Gasteiger partial charge >= 0.3 is 0 Å². The van der Waals surface area contributed by atoms with Crippen molar-refractivity contribution < 1.29 is 0 Å². The lowest BCUT2D eigenvalue weighted by atomic mass is 9.84. The maximum absolute atomic E-state index is 3.90. The van der Waals surface area contributed by atoms with Crippen LogP contribution in [0.5, 0.6) is 0 Å². The Hall–Kier alpha value is -0.0800. The topological polar surface area (TPSA) is 15.3 Å². The van der Waals surface area contributed by atoms with Crippen LogP contribution in [0.3, 0.4) is 0 Å². The molecule has 0 amide bonds. The number of nitrogens with zero attached hydrogens (tertiary/aromatic N) is 1. The van der Waals surface area contributed by atoms with Crippen LogP contribution in [0.2, 0.25) is 0 Å². The minimum atomic E-state index is 0.754. The van der Waals surface area contributed by atoms with E-state index >= 15 is 0 Å². The van der Waals surface area contributed by atoms with E-state index in [2.05, 4.69) is 31.0 Å². The summed E-state index contributed by atoms with van der Waals surface area (Å²) in [6, 6.07) is 1.63. The number of piperidine rings is 1. The smallest absolute Gasteiger partial charge is 0.0198 e. The van der Waals surface area contributed by atoms with Crippen LogP contribution >= 0.6 is 0 Å². The summed E-state index contributed by atoms with van der Waals surface area (Å²) in [4.78, 5) is 2.86. The van der Waals surface area contributed by atoms with Crippen LogP contribution < -0.4 is 5.32 Å². The van der Waals surface area contributed by atoms with E-state index in [9.17, 15) is 0 Å².